The molecule has 1 atom stereocenters. The molecule has 0 bridgehead atoms. The Balaban J connectivity index is 1.39. The number of allylic oxidation sites excluding steroid dienone is 2. The van der Waals surface area contributed by atoms with Crippen molar-refractivity contribution in [2.24, 2.45) is 0 Å². The summed E-state index contributed by atoms with van der Waals surface area (Å²) in [6.07, 6.45) is 15.7. The lowest BCUT2D eigenvalue weighted by atomic mass is 10.0. The molecule has 2 aliphatic rings. The molecule has 7 heteroatoms. The summed E-state index contributed by atoms with van der Waals surface area (Å²) in [5.41, 5.74) is 4.03. The largest absolute Gasteiger partial charge is 0.436 e. The standard InChI is InChI=1S/C30H21N3O4/c1-30(34)13-11-23-26(12-14-30)37-29(33-23)20-16-18(27-31-21-7-3-2-4-9-24(21)35-27)15-19(17-20)28-32-22-8-5-6-10-25(22)36-28/h3-17,34H,2H2,1H3. The number of rotatable bonds is 3. The first-order valence-electron chi connectivity index (χ1n) is 12.0. The fourth-order valence-corrected chi connectivity index (χ4v) is 4.39. The minimum absolute atomic E-state index is 0.424. The molecular formula is C30H21N3O4. The Morgan fingerprint density at radius 3 is 2.03 bits per heavy atom. The Labute approximate surface area is 211 Å². The van der Waals surface area contributed by atoms with Gasteiger partial charge in [0.05, 0.1) is 5.60 Å². The third kappa shape index (κ3) is 3.95. The van der Waals surface area contributed by atoms with Crippen molar-refractivity contribution >= 4 is 35.4 Å². The molecule has 5 aromatic rings. The highest BCUT2D eigenvalue weighted by Crippen LogP contribution is 2.36. The normalized spacial score (nSPS) is 18.1. The van der Waals surface area contributed by atoms with Gasteiger partial charge in [-0.3, -0.25) is 0 Å². The molecule has 0 saturated carbocycles. The summed E-state index contributed by atoms with van der Waals surface area (Å²) in [6.45, 7) is 1.70. The highest BCUT2D eigenvalue weighted by molar-refractivity contribution is 5.80. The minimum atomic E-state index is -1.06. The van der Waals surface area contributed by atoms with E-state index in [0.29, 0.717) is 40.5 Å². The molecule has 0 radical (unpaired) electrons. The maximum Gasteiger partial charge on any atom is 0.227 e. The predicted octanol–water partition coefficient (Wildman–Crippen LogP) is 7.03. The summed E-state index contributed by atoms with van der Waals surface area (Å²) in [5.74, 6) is 2.65. The first-order chi connectivity index (χ1) is 18.0. The van der Waals surface area contributed by atoms with Crippen molar-refractivity contribution < 1.29 is 18.4 Å². The molecule has 0 fully saturated rings. The summed E-state index contributed by atoms with van der Waals surface area (Å²) in [5, 5.41) is 10.3. The average molecular weight is 488 g/mol. The van der Waals surface area contributed by atoms with E-state index in [0.717, 1.165) is 34.3 Å². The zero-order chi connectivity index (χ0) is 25.0. The third-order valence-corrected chi connectivity index (χ3v) is 6.30. The monoisotopic (exact) mass is 487 g/mol. The number of aromatic nitrogens is 3. The van der Waals surface area contributed by atoms with Crippen LogP contribution in [-0.2, 0) is 0 Å². The number of oxazole rings is 3. The van der Waals surface area contributed by atoms with E-state index in [1.54, 1.807) is 31.2 Å². The van der Waals surface area contributed by atoms with E-state index in [1.807, 2.05) is 66.8 Å². The van der Waals surface area contributed by atoms with Crippen LogP contribution >= 0.6 is 0 Å². The minimum Gasteiger partial charge on any atom is -0.436 e. The maximum atomic E-state index is 10.3. The maximum absolute atomic E-state index is 10.3. The predicted molar refractivity (Wildman–Crippen MR) is 142 cm³/mol. The van der Waals surface area contributed by atoms with E-state index in [1.165, 1.54) is 0 Å². The molecule has 3 heterocycles. The molecule has 7 rings (SSSR count). The molecule has 3 aromatic heterocycles. The summed E-state index contributed by atoms with van der Waals surface area (Å²) in [4.78, 5) is 14.1. The zero-order valence-corrected chi connectivity index (χ0v) is 19.9. The first kappa shape index (κ1) is 21.5. The van der Waals surface area contributed by atoms with Crippen LogP contribution in [-0.4, -0.2) is 25.7 Å². The van der Waals surface area contributed by atoms with Crippen molar-refractivity contribution in [2.45, 2.75) is 18.9 Å². The van der Waals surface area contributed by atoms with Crippen molar-refractivity contribution in [3.8, 4) is 34.4 Å². The van der Waals surface area contributed by atoms with Gasteiger partial charge in [-0.15, -0.1) is 0 Å². The fraction of sp³-hybridized carbons (Fsp3) is 0.100. The molecule has 0 spiro atoms. The van der Waals surface area contributed by atoms with Gasteiger partial charge >= 0.3 is 0 Å². The zero-order valence-electron chi connectivity index (χ0n) is 19.9. The molecule has 1 N–H and O–H groups in total. The van der Waals surface area contributed by atoms with Crippen LogP contribution in [0.25, 0.3) is 69.8 Å². The van der Waals surface area contributed by atoms with Gasteiger partial charge in [0.25, 0.3) is 0 Å². The van der Waals surface area contributed by atoms with E-state index < -0.39 is 5.60 Å². The highest BCUT2D eigenvalue weighted by Gasteiger charge is 2.22. The highest BCUT2D eigenvalue weighted by atomic mass is 16.4. The number of fused-ring (bicyclic) bond motifs is 3. The molecule has 2 aliphatic carbocycles. The van der Waals surface area contributed by atoms with Crippen LogP contribution in [0.1, 0.15) is 36.3 Å². The lowest BCUT2D eigenvalue weighted by Gasteiger charge is -2.10. The number of nitrogens with zero attached hydrogens (tertiary/aromatic N) is 3. The van der Waals surface area contributed by atoms with Crippen LogP contribution in [0.5, 0.6) is 0 Å². The van der Waals surface area contributed by atoms with Crippen molar-refractivity contribution in [2.75, 3.05) is 0 Å². The number of para-hydroxylation sites is 2. The molecule has 37 heavy (non-hydrogen) atoms. The topological polar surface area (TPSA) is 98.3 Å². The van der Waals surface area contributed by atoms with Crippen molar-refractivity contribution in [1.29, 1.82) is 0 Å². The van der Waals surface area contributed by atoms with Gasteiger partial charge in [-0.05, 0) is 80.1 Å². The van der Waals surface area contributed by atoms with Crippen LogP contribution in [0.2, 0.25) is 0 Å². The van der Waals surface area contributed by atoms with Gasteiger partial charge < -0.3 is 18.4 Å². The van der Waals surface area contributed by atoms with Crippen molar-refractivity contribution in [3.05, 3.63) is 89.7 Å². The first-order valence-corrected chi connectivity index (χ1v) is 12.0. The van der Waals surface area contributed by atoms with E-state index in [-0.39, 0.29) is 0 Å². The Bertz CT molecular complexity index is 1700. The molecule has 0 aliphatic heterocycles. The van der Waals surface area contributed by atoms with Crippen LogP contribution in [0.4, 0.5) is 0 Å². The summed E-state index contributed by atoms with van der Waals surface area (Å²) in [7, 11) is 0. The van der Waals surface area contributed by atoms with Gasteiger partial charge in [0.2, 0.25) is 17.7 Å². The fourth-order valence-electron chi connectivity index (χ4n) is 4.39. The number of hydrogen-bond acceptors (Lipinski definition) is 7. The van der Waals surface area contributed by atoms with E-state index in [9.17, 15) is 5.11 Å². The van der Waals surface area contributed by atoms with Gasteiger partial charge in [0.1, 0.15) is 16.9 Å². The van der Waals surface area contributed by atoms with Gasteiger partial charge in [-0.25, -0.2) is 15.0 Å². The summed E-state index contributed by atoms with van der Waals surface area (Å²) >= 11 is 0. The van der Waals surface area contributed by atoms with Gasteiger partial charge in [-0.2, -0.15) is 0 Å². The second-order valence-corrected chi connectivity index (χ2v) is 9.26. The average Bonchev–Trinajstić information content (AvgIpc) is 3.57. The van der Waals surface area contributed by atoms with Crippen LogP contribution in [0.3, 0.4) is 0 Å². The molecule has 0 amide bonds. The number of hydrogen-bond donors (Lipinski definition) is 1. The van der Waals surface area contributed by atoms with Crippen molar-refractivity contribution in [3.63, 3.8) is 0 Å². The van der Waals surface area contributed by atoms with Crippen molar-refractivity contribution in [1.82, 2.24) is 15.0 Å². The van der Waals surface area contributed by atoms with Crippen LogP contribution in [0, 0.1) is 0 Å². The van der Waals surface area contributed by atoms with Gasteiger partial charge in [0, 0.05) is 16.7 Å². The second kappa shape index (κ2) is 8.15. The van der Waals surface area contributed by atoms with E-state index >= 15 is 0 Å². The molecule has 2 aromatic carbocycles. The number of aliphatic hydroxyl groups is 1. The lowest BCUT2D eigenvalue weighted by Crippen LogP contribution is -2.15. The SMILES string of the molecule is CC1(O)C=Cc2nc(-c3cc(-c4nc5c(o4)C=CCC=C5)cc(-c4nc5ccccc5o4)c3)oc2C=C1. The Morgan fingerprint density at radius 2 is 1.30 bits per heavy atom. The van der Waals surface area contributed by atoms with E-state index in [2.05, 4.69) is 4.98 Å². The quantitative estimate of drug-likeness (QED) is 0.292. The molecule has 1 unspecified atom stereocenters. The van der Waals surface area contributed by atoms with E-state index in [4.69, 9.17) is 23.2 Å². The Morgan fingerprint density at radius 1 is 0.703 bits per heavy atom. The summed E-state index contributed by atoms with van der Waals surface area (Å²) in [6, 6.07) is 13.4. The summed E-state index contributed by atoms with van der Waals surface area (Å²) < 4.78 is 18.3. The van der Waals surface area contributed by atoms with Crippen LogP contribution < -0.4 is 0 Å². The molecule has 180 valence electrons. The lowest BCUT2D eigenvalue weighted by molar-refractivity contribution is 0.166. The smallest absolute Gasteiger partial charge is 0.227 e. The molecule has 7 nitrogen and oxygen atoms in total. The van der Waals surface area contributed by atoms with Gasteiger partial charge in [-0.1, -0.05) is 24.3 Å². The third-order valence-electron chi connectivity index (χ3n) is 6.30. The Kier molecular flexibility index (Phi) is 4.74. The molecular weight excluding hydrogens is 466 g/mol. The second-order valence-electron chi connectivity index (χ2n) is 9.26. The van der Waals surface area contributed by atoms with Gasteiger partial charge in [0.15, 0.2) is 17.1 Å². The Hall–Kier alpha value is -4.75. The van der Waals surface area contributed by atoms with Crippen LogP contribution in [0.15, 0.2) is 80.0 Å². The molecule has 0 saturated heterocycles. The number of benzene rings is 2.